The third-order valence-electron chi connectivity index (χ3n) is 3.13. The number of rotatable bonds is 5. The number of nitro benzene ring substituents is 1. The Kier molecular flexibility index (Phi) is 6.64. The first-order chi connectivity index (χ1) is 12.3. The Morgan fingerprint density at radius 3 is 2.58 bits per heavy atom. The van der Waals surface area contributed by atoms with Crippen LogP contribution in [0.25, 0.3) is 0 Å². The summed E-state index contributed by atoms with van der Waals surface area (Å²) in [6.07, 6.45) is 0.00409. The maximum atomic E-state index is 12.3. The number of hydrogen-bond donors (Lipinski definition) is 2. The van der Waals surface area contributed by atoms with Crippen LogP contribution in [0.1, 0.15) is 24.2 Å². The van der Waals surface area contributed by atoms with Crippen molar-refractivity contribution in [2.45, 2.75) is 20.0 Å². The maximum Gasteiger partial charge on any atom is 0.292 e. The fraction of sp³-hybridized carbons (Fsp3) is 0.176. The first kappa shape index (κ1) is 19.8. The van der Waals surface area contributed by atoms with E-state index in [0.717, 1.165) is 0 Å². The number of thiocarbonyl (C=S) groups is 1. The van der Waals surface area contributed by atoms with Crippen molar-refractivity contribution in [2.75, 3.05) is 5.32 Å². The summed E-state index contributed by atoms with van der Waals surface area (Å²) in [6.45, 7) is 3.81. The lowest BCUT2D eigenvalue weighted by Crippen LogP contribution is -2.34. The minimum atomic E-state index is -0.530. The zero-order chi connectivity index (χ0) is 19.3. The average molecular weight is 438 g/mol. The number of anilines is 1. The van der Waals surface area contributed by atoms with Crippen molar-refractivity contribution >= 4 is 50.5 Å². The molecule has 0 fully saturated rings. The van der Waals surface area contributed by atoms with Gasteiger partial charge in [-0.25, -0.2) is 0 Å². The highest BCUT2D eigenvalue weighted by molar-refractivity contribution is 9.10. The van der Waals surface area contributed by atoms with E-state index in [-0.39, 0.29) is 22.6 Å². The molecule has 2 rings (SSSR count). The molecule has 0 atom stereocenters. The molecular formula is C17H16BrN3O4S. The van der Waals surface area contributed by atoms with E-state index >= 15 is 0 Å². The van der Waals surface area contributed by atoms with Crippen LogP contribution in [0.4, 0.5) is 11.4 Å². The molecule has 0 aliphatic carbocycles. The number of ether oxygens (including phenoxy) is 1. The summed E-state index contributed by atoms with van der Waals surface area (Å²) < 4.78 is 6.23. The number of carbonyl (C=O) groups is 1. The molecule has 7 nitrogen and oxygen atoms in total. The molecule has 26 heavy (non-hydrogen) atoms. The van der Waals surface area contributed by atoms with Crippen LogP contribution in [0.15, 0.2) is 46.9 Å². The van der Waals surface area contributed by atoms with E-state index in [9.17, 15) is 14.9 Å². The average Bonchev–Trinajstić information content (AvgIpc) is 2.56. The first-order valence-corrected chi connectivity index (χ1v) is 8.80. The Morgan fingerprint density at radius 2 is 1.96 bits per heavy atom. The van der Waals surface area contributed by atoms with Crippen LogP contribution in [0.3, 0.4) is 0 Å². The van der Waals surface area contributed by atoms with Crippen molar-refractivity contribution < 1.29 is 14.5 Å². The van der Waals surface area contributed by atoms with Crippen molar-refractivity contribution in [1.29, 1.82) is 0 Å². The molecule has 2 N–H and O–H groups in total. The number of nitro groups is 1. The van der Waals surface area contributed by atoms with Crippen LogP contribution in [0.5, 0.6) is 5.75 Å². The third-order valence-corrected chi connectivity index (χ3v) is 3.96. The van der Waals surface area contributed by atoms with Gasteiger partial charge in [-0.15, -0.1) is 0 Å². The maximum absolute atomic E-state index is 12.3. The molecule has 0 aliphatic rings. The summed E-state index contributed by atoms with van der Waals surface area (Å²) in [7, 11) is 0. The molecule has 0 spiro atoms. The van der Waals surface area contributed by atoms with E-state index in [1.807, 2.05) is 13.8 Å². The van der Waals surface area contributed by atoms with Crippen LogP contribution in [0, 0.1) is 10.1 Å². The Bertz CT molecular complexity index is 858. The molecule has 9 heteroatoms. The molecule has 0 aromatic heterocycles. The molecule has 0 saturated carbocycles. The molecule has 0 bridgehead atoms. The summed E-state index contributed by atoms with van der Waals surface area (Å²) in [5.74, 6) is 0.176. The summed E-state index contributed by atoms with van der Waals surface area (Å²) in [5, 5.41) is 16.1. The highest BCUT2D eigenvalue weighted by atomic mass is 79.9. The first-order valence-electron chi connectivity index (χ1n) is 7.60. The lowest BCUT2D eigenvalue weighted by atomic mass is 10.2. The van der Waals surface area contributed by atoms with Gasteiger partial charge in [0.1, 0.15) is 11.4 Å². The molecular weight excluding hydrogens is 422 g/mol. The van der Waals surface area contributed by atoms with Crippen molar-refractivity contribution in [3.63, 3.8) is 0 Å². The van der Waals surface area contributed by atoms with Crippen LogP contribution >= 0.6 is 28.1 Å². The zero-order valence-electron chi connectivity index (χ0n) is 14.0. The Balaban J connectivity index is 2.07. The van der Waals surface area contributed by atoms with E-state index in [0.29, 0.717) is 15.8 Å². The normalized spacial score (nSPS) is 10.3. The van der Waals surface area contributed by atoms with Gasteiger partial charge in [0.2, 0.25) is 0 Å². The van der Waals surface area contributed by atoms with Crippen LogP contribution in [-0.2, 0) is 0 Å². The second-order valence-electron chi connectivity index (χ2n) is 5.49. The number of amides is 1. The highest BCUT2D eigenvalue weighted by Gasteiger charge is 2.15. The number of nitrogens with zero attached hydrogens (tertiary/aromatic N) is 1. The summed E-state index contributed by atoms with van der Waals surface area (Å²) in [4.78, 5) is 22.8. The van der Waals surface area contributed by atoms with Crippen LogP contribution in [-0.4, -0.2) is 22.0 Å². The minimum Gasteiger partial charge on any atom is -0.490 e. The van der Waals surface area contributed by atoms with Gasteiger partial charge in [0.05, 0.1) is 15.5 Å². The molecule has 0 radical (unpaired) electrons. The molecule has 0 heterocycles. The Labute approximate surface area is 164 Å². The van der Waals surface area contributed by atoms with Crippen LogP contribution < -0.4 is 15.4 Å². The van der Waals surface area contributed by atoms with Gasteiger partial charge in [-0.3, -0.25) is 20.2 Å². The summed E-state index contributed by atoms with van der Waals surface area (Å²) in [5.41, 5.74) is 0.423. The van der Waals surface area contributed by atoms with Crippen molar-refractivity contribution in [3.8, 4) is 5.75 Å². The third kappa shape index (κ3) is 5.24. The van der Waals surface area contributed by atoms with Gasteiger partial charge < -0.3 is 10.1 Å². The van der Waals surface area contributed by atoms with Gasteiger partial charge in [-0.2, -0.15) is 0 Å². The predicted molar refractivity (Wildman–Crippen MR) is 107 cm³/mol. The van der Waals surface area contributed by atoms with Gasteiger partial charge in [-0.1, -0.05) is 12.1 Å². The lowest BCUT2D eigenvalue weighted by molar-refractivity contribution is -0.383. The second kappa shape index (κ2) is 8.72. The highest BCUT2D eigenvalue weighted by Crippen LogP contribution is 2.27. The second-order valence-corrected chi connectivity index (χ2v) is 6.76. The molecule has 0 unspecified atom stereocenters. The fourth-order valence-electron chi connectivity index (χ4n) is 2.06. The molecule has 2 aromatic rings. The van der Waals surface area contributed by atoms with E-state index < -0.39 is 10.8 Å². The quantitative estimate of drug-likeness (QED) is 0.412. The standard InChI is InChI=1S/C17H16BrN3O4S/c1-10(2)25-15-8-7-11(9-12(15)18)16(22)20-17(26)19-13-5-3-4-6-14(13)21(23)24/h3-10H,1-2H3,(H2,19,20,22,26). The number of hydrogen-bond acceptors (Lipinski definition) is 5. The fourth-order valence-corrected chi connectivity index (χ4v) is 2.73. The van der Waals surface area contributed by atoms with Crippen molar-refractivity contribution in [1.82, 2.24) is 5.32 Å². The van der Waals surface area contributed by atoms with Gasteiger partial charge in [-0.05, 0) is 66.3 Å². The molecule has 136 valence electrons. The SMILES string of the molecule is CC(C)Oc1ccc(C(=O)NC(=S)Nc2ccccc2[N+](=O)[O-])cc1Br. The van der Waals surface area contributed by atoms with Crippen molar-refractivity contribution in [2.24, 2.45) is 0 Å². The van der Waals surface area contributed by atoms with Crippen molar-refractivity contribution in [3.05, 3.63) is 62.6 Å². The Morgan fingerprint density at radius 1 is 1.27 bits per heavy atom. The lowest BCUT2D eigenvalue weighted by Gasteiger charge is -2.13. The molecule has 2 aromatic carbocycles. The van der Waals surface area contributed by atoms with E-state index in [4.69, 9.17) is 17.0 Å². The summed E-state index contributed by atoms with van der Waals surface area (Å²) >= 11 is 8.43. The molecule has 1 amide bonds. The molecule has 0 aliphatic heterocycles. The molecule has 0 saturated heterocycles. The minimum absolute atomic E-state index is 0.00409. The number of carbonyl (C=O) groups excluding carboxylic acids is 1. The topological polar surface area (TPSA) is 93.5 Å². The van der Waals surface area contributed by atoms with Gasteiger partial charge >= 0.3 is 0 Å². The zero-order valence-corrected chi connectivity index (χ0v) is 16.4. The van der Waals surface area contributed by atoms with E-state index in [2.05, 4.69) is 26.6 Å². The monoisotopic (exact) mass is 437 g/mol. The van der Waals surface area contributed by atoms with Crippen LogP contribution in [0.2, 0.25) is 0 Å². The number of para-hydroxylation sites is 2. The largest absolute Gasteiger partial charge is 0.490 e. The van der Waals surface area contributed by atoms with Gasteiger partial charge in [0.25, 0.3) is 11.6 Å². The van der Waals surface area contributed by atoms with E-state index in [1.54, 1.807) is 30.3 Å². The number of halogens is 1. The number of benzene rings is 2. The number of nitrogens with one attached hydrogen (secondary N) is 2. The van der Waals surface area contributed by atoms with E-state index in [1.165, 1.54) is 12.1 Å². The van der Waals surface area contributed by atoms with Gasteiger partial charge in [0.15, 0.2) is 5.11 Å². The Hall–Kier alpha value is -2.52. The van der Waals surface area contributed by atoms with Gasteiger partial charge in [0, 0.05) is 11.6 Å². The summed E-state index contributed by atoms with van der Waals surface area (Å²) in [6, 6.07) is 10.9. The predicted octanol–water partition coefficient (Wildman–Crippen LogP) is 4.27. The smallest absolute Gasteiger partial charge is 0.292 e.